The van der Waals surface area contributed by atoms with Gasteiger partial charge in [0.2, 0.25) is 0 Å². The van der Waals surface area contributed by atoms with E-state index in [0.29, 0.717) is 6.42 Å². The first-order valence-corrected chi connectivity index (χ1v) is 5.52. The van der Waals surface area contributed by atoms with Crippen LogP contribution in [0.1, 0.15) is 27.2 Å². The number of hydrogen-bond donors (Lipinski definition) is 0. The SMILES string of the molecule is CCOS(=O)(=O)OC1=NOC(C)(C)C1. The fourth-order valence-corrected chi connectivity index (χ4v) is 1.60. The molecule has 1 aliphatic heterocycles. The zero-order valence-electron chi connectivity index (χ0n) is 8.31. The summed E-state index contributed by atoms with van der Waals surface area (Å²) in [6.45, 7) is 5.14. The second kappa shape index (κ2) is 3.74. The zero-order chi connectivity index (χ0) is 10.8. The molecule has 82 valence electrons. The van der Waals surface area contributed by atoms with Crippen molar-refractivity contribution in [3.63, 3.8) is 0 Å². The normalized spacial score (nSPS) is 20.1. The van der Waals surface area contributed by atoms with Crippen molar-refractivity contribution >= 4 is 16.3 Å². The van der Waals surface area contributed by atoms with Crippen LogP contribution in [-0.4, -0.2) is 26.5 Å². The van der Waals surface area contributed by atoms with Crippen molar-refractivity contribution in [2.45, 2.75) is 32.8 Å². The first-order valence-electron chi connectivity index (χ1n) is 4.18. The first kappa shape index (κ1) is 11.3. The maximum Gasteiger partial charge on any atom is 0.450 e. The molecular weight excluding hydrogens is 210 g/mol. The lowest BCUT2D eigenvalue weighted by molar-refractivity contribution is 0.0123. The number of hydrogen-bond acceptors (Lipinski definition) is 6. The highest BCUT2D eigenvalue weighted by Crippen LogP contribution is 2.23. The van der Waals surface area contributed by atoms with Crippen molar-refractivity contribution in [1.29, 1.82) is 0 Å². The second-order valence-electron chi connectivity index (χ2n) is 3.41. The molecule has 1 heterocycles. The molecule has 0 aromatic rings. The smallest absolute Gasteiger partial charge is 0.386 e. The Morgan fingerprint density at radius 1 is 1.57 bits per heavy atom. The van der Waals surface area contributed by atoms with E-state index in [-0.39, 0.29) is 12.5 Å². The summed E-state index contributed by atoms with van der Waals surface area (Å²) >= 11 is 0. The molecule has 0 fully saturated rings. The lowest BCUT2D eigenvalue weighted by Crippen LogP contribution is -2.21. The summed E-state index contributed by atoms with van der Waals surface area (Å²) in [4.78, 5) is 4.92. The van der Waals surface area contributed by atoms with Crippen LogP contribution in [0.15, 0.2) is 5.16 Å². The van der Waals surface area contributed by atoms with Gasteiger partial charge in [-0.25, -0.2) is 4.18 Å². The molecule has 0 saturated heterocycles. The minimum atomic E-state index is -3.98. The maximum absolute atomic E-state index is 11.0. The second-order valence-corrected chi connectivity index (χ2v) is 4.63. The van der Waals surface area contributed by atoms with Crippen molar-refractivity contribution in [3.8, 4) is 0 Å². The van der Waals surface area contributed by atoms with Crippen LogP contribution in [0.25, 0.3) is 0 Å². The summed E-state index contributed by atoms with van der Waals surface area (Å²) < 4.78 is 31.0. The predicted molar refractivity (Wildman–Crippen MR) is 48.8 cm³/mol. The van der Waals surface area contributed by atoms with Gasteiger partial charge in [0.15, 0.2) is 0 Å². The lowest BCUT2D eigenvalue weighted by atomic mass is 10.1. The van der Waals surface area contributed by atoms with Gasteiger partial charge < -0.3 is 9.02 Å². The number of nitrogens with zero attached hydrogens (tertiary/aromatic N) is 1. The van der Waals surface area contributed by atoms with Crippen molar-refractivity contribution in [1.82, 2.24) is 0 Å². The van der Waals surface area contributed by atoms with Gasteiger partial charge >= 0.3 is 10.4 Å². The van der Waals surface area contributed by atoms with Crippen LogP contribution >= 0.6 is 0 Å². The van der Waals surface area contributed by atoms with E-state index in [9.17, 15) is 8.42 Å². The van der Waals surface area contributed by atoms with Crippen LogP contribution in [-0.2, 0) is 23.6 Å². The standard InChI is InChI=1S/C7H13NO5S/c1-4-11-14(9,10)12-6-5-7(2,3)13-8-6/h4-5H2,1-3H3. The number of oxime groups is 1. The van der Waals surface area contributed by atoms with E-state index in [1.165, 1.54) is 0 Å². The molecule has 0 aromatic heterocycles. The Kier molecular flexibility index (Phi) is 3.01. The third-order valence-electron chi connectivity index (χ3n) is 1.43. The molecule has 0 radical (unpaired) electrons. The maximum atomic E-state index is 11.0. The highest BCUT2D eigenvalue weighted by molar-refractivity contribution is 7.82. The molecule has 0 atom stereocenters. The van der Waals surface area contributed by atoms with Crippen LogP contribution in [0.4, 0.5) is 0 Å². The van der Waals surface area contributed by atoms with Gasteiger partial charge in [-0.05, 0) is 25.9 Å². The largest absolute Gasteiger partial charge is 0.450 e. The molecule has 1 aliphatic rings. The molecule has 0 amide bonds. The summed E-state index contributed by atoms with van der Waals surface area (Å²) in [5.41, 5.74) is -0.517. The highest BCUT2D eigenvalue weighted by atomic mass is 32.3. The van der Waals surface area contributed by atoms with E-state index >= 15 is 0 Å². The molecule has 7 heteroatoms. The Morgan fingerprint density at radius 2 is 2.21 bits per heavy atom. The monoisotopic (exact) mass is 223 g/mol. The van der Waals surface area contributed by atoms with E-state index in [1.54, 1.807) is 20.8 Å². The molecule has 6 nitrogen and oxygen atoms in total. The minimum Gasteiger partial charge on any atom is -0.386 e. The average Bonchev–Trinajstić information content (AvgIpc) is 2.28. The van der Waals surface area contributed by atoms with Crippen molar-refractivity contribution in [3.05, 3.63) is 0 Å². The van der Waals surface area contributed by atoms with Crippen molar-refractivity contribution in [2.75, 3.05) is 6.61 Å². The Hall–Kier alpha value is -0.820. The molecule has 0 unspecified atom stereocenters. The van der Waals surface area contributed by atoms with E-state index in [1.807, 2.05) is 0 Å². The molecule has 14 heavy (non-hydrogen) atoms. The van der Waals surface area contributed by atoms with Crippen LogP contribution < -0.4 is 0 Å². The molecule has 0 N–H and O–H groups in total. The quantitative estimate of drug-likeness (QED) is 0.707. The van der Waals surface area contributed by atoms with Crippen molar-refractivity contribution in [2.24, 2.45) is 5.16 Å². The van der Waals surface area contributed by atoms with Crippen LogP contribution in [0.3, 0.4) is 0 Å². The van der Waals surface area contributed by atoms with Gasteiger partial charge in [0, 0.05) is 0 Å². The minimum absolute atomic E-state index is 0.0171. The Bertz CT molecular complexity index is 332. The third kappa shape index (κ3) is 3.15. The van der Waals surface area contributed by atoms with Crippen LogP contribution in [0.2, 0.25) is 0 Å². The van der Waals surface area contributed by atoms with Gasteiger partial charge in [0.25, 0.3) is 5.90 Å². The van der Waals surface area contributed by atoms with Gasteiger partial charge in [-0.1, -0.05) is 0 Å². The zero-order valence-corrected chi connectivity index (χ0v) is 9.13. The summed E-state index contributed by atoms with van der Waals surface area (Å²) in [5, 5.41) is 3.49. The van der Waals surface area contributed by atoms with E-state index in [0.717, 1.165) is 0 Å². The van der Waals surface area contributed by atoms with Crippen LogP contribution in [0, 0.1) is 0 Å². The third-order valence-corrected chi connectivity index (χ3v) is 2.35. The summed E-state index contributed by atoms with van der Waals surface area (Å²) in [5.74, 6) is 0.0171. The number of rotatable bonds is 3. The Morgan fingerprint density at radius 3 is 2.64 bits per heavy atom. The van der Waals surface area contributed by atoms with Crippen LogP contribution in [0.5, 0.6) is 0 Å². The van der Waals surface area contributed by atoms with Crippen molar-refractivity contribution < 1.29 is 21.6 Å². The Labute approximate surface area is 83.2 Å². The van der Waals surface area contributed by atoms with Gasteiger partial charge in [-0.3, -0.25) is 0 Å². The van der Waals surface area contributed by atoms with E-state index in [2.05, 4.69) is 13.5 Å². The van der Waals surface area contributed by atoms with Gasteiger partial charge in [-0.2, -0.15) is 8.42 Å². The Balaban J connectivity index is 2.56. The van der Waals surface area contributed by atoms with Gasteiger partial charge in [0.05, 0.1) is 13.0 Å². The molecule has 0 saturated carbocycles. The molecule has 0 aliphatic carbocycles. The summed E-state index contributed by atoms with van der Waals surface area (Å²) in [6.07, 6.45) is 0.305. The van der Waals surface area contributed by atoms with E-state index < -0.39 is 16.0 Å². The fraction of sp³-hybridized carbons (Fsp3) is 0.857. The first-order chi connectivity index (χ1) is 6.35. The molecule has 0 spiro atoms. The predicted octanol–water partition coefficient (Wildman–Crippen LogP) is 0.797. The van der Waals surface area contributed by atoms with Gasteiger partial charge in [-0.15, -0.1) is 0 Å². The lowest BCUT2D eigenvalue weighted by Gasteiger charge is -2.12. The fourth-order valence-electron chi connectivity index (χ4n) is 0.934. The molecule has 0 bridgehead atoms. The van der Waals surface area contributed by atoms with Gasteiger partial charge in [0.1, 0.15) is 5.60 Å². The summed E-state index contributed by atoms with van der Waals surface area (Å²) in [6, 6.07) is 0. The average molecular weight is 223 g/mol. The molecular formula is C7H13NO5S. The topological polar surface area (TPSA) is 74.2 Å². The summed E-state index contributed by atoms with van der Waals surface area (Å²) in [7, 11) is -3.98. The van der Waals surface area contributed by atoms with E-state index in [4.69, 9.17) is 4.84 Å². The molecule has 1 rings (SSSR count). The molecule has 0 aromatic carbocycles. The highest BCUT2D eigenvalue weighted by Gasteiger charge is 2.32.